The van der Waals surface area contributed by atoms with E-state index in [0.717, 1.165) is 11.5 Å². The number of hydrogen-bond donors (Lipinski definition) is 2. The molecule has 2 N–H and O–H groups in total. The summed E-state index contributed by atoms with van der Waals surface area (Å²) in [5.74, 6) is 1.12. The maximum atomic E-state index is 9.44. The molecule has 2 rings (SSSR count). The fraction of sp³-hybridized carbons (Fsp3) is 0.727. The second-order valence-corrected chi connectivity index (χ2v) is 4.66. The van der Waals surface area contributed by atoms with Crippen LogP contribution in [-0.2, 0) is 5.41 Å². The third-order valence-corrected chi connectivity index (χ3v) is 3.39. The minimum atomic E-state index is 0.157. The van der Waals surface area contributed by atoms with E-state index in [2.05, 4.69) is 16.9 Å². The van der Waals surface area contributed by atoms with Crippen LogP contribution < -0.4 is 0 Å². The summed E-state index contributed by atoms with van der Waals surface area (Å²) < 4.78 is 0. The zero-order valence-electron chi connectivity index (χ0n) is 8.93. The molecule has 1 aliphatic rings. The molecule has 3 nitrogen and oxygen atoms in total. The molecule has 3 heteroatoms. The number of aromatic hydroxyl groups is 1. The van der Waals surface area contributed by atoms with Gasteiger partial charge in [-0.25, -0.2) is 0 Å². The average Bonchev–Trinajstić information content (AvgIpc) is 2.49. The average molecular weight is 194 g/mol. The van der Waals surface area contributed by atoms with E-state index in [0.29, 0.717) is 0 Å². The maximum absolute atomic E-state index is 9.44. The molecule has 0 atom stereocenters. The lowest BCUT2D eigenvalue weighted by atomic mass is 9.75. The molecule has 0 bridgehead atoms. The Morgan fingerprint density at radius 3 is 2.43 bits per heavy atom. The third-order valence-electron chi connectivity index (χ3n) is 3.39. The molecule has 14 heavy (non-hydrogen) atoms. The lowest BCUT2D eigenvalue weighted by Gasteiger charge is -2.31. The number of aryl methyl sites for hydroxylation is 1. The van der Waals surface area contributed by atoms with Gasteiger partial charge in [0.05, 0.1) is 5.69 Å². The van der Waals surface area contributed by atoms with E-state index in [4.69, 9.17) is 0 Å². The van der Waals surface area contributed by atoms with Crippen molar-refractivity contribution in [2.45, 2.75) is 51.4 Å². The van der Waals surface area contributed by atoms with Gasteiger partial charge in [-0.1, -0.05) is 26.2 Å². The molecule has 0 unspecified atom stereocenters. The first-order chi connectivity index (χ1) is 6.62. The topological polar surface area (TPSA) is 48.9 Å². The van der Waals surface area contributed by atoms with Gasteiger partial charge in [-0.05, 0) is 19.8 Å². The number of hydrogen-bond acceptors (Lipinski definition) is 2. The quantitative estimate of drug-likeness (QED) is 0.722. The largest absolute Gasteiger partial charge is 0.492 e. The van der Waals surface area contributed by atoms with Gasteiger partial charge in [0.2, 0.25) is 5.88 Å². The summed E-state index contributed by atoms with van der Waals surface area (Å²) in [5.41, 5.74) is 0.941. The van der Waals surface area contributed by atoms with E-state index in [1.807, 2.05) is 6.92 Å². The first kappa shape index (κ1) is 9.56. The third kappa shape index (κ3) is 1.51. The zero-order chi connectivity index (χ0) is 10.2. The number of H-pyrrole nitrogens is 1. The molecule has 1 aromatic heterocycles. The Morgan fingerprint density at radius 1 is 1.29 bits per heavy atom. The van der Waals surface area contributed by atoms with E-state index in [1.54, 1.807) is 0 Å². The van der Waals surface area contributed by atoms with E-state index < -0.39 is 0 Å². The van der Waals surface area contributed by atoms with Gasteiger partial charge >= 0.3 is 0 Å². The van der Waals surface area contributed by atoms with Crippen molar-refractivity contribution >= 4 is 0 Å². The fourth-order valence-corrected chi connectivity index (χ4v) is 2.31. The molecule has 0 radical (unpaired) electrons. The summed E-state index contributed by atoms with van der Waals surface area (Å²) in [6.07, 6.45) is 6.24. The molecule has 1 aromatic rings. The first-order valence-corrected chi connectivity index (χ1v) is 5.38. The lowest BCUT2D eigenvalue weighted by molar-refractivity contribution is 0.304. The highest BCUT2D eigenvalue weighted by Crippen LogP contribution is 2.38. The molecule has 1 saturated carbocycles. The van der Waals surface area contributed by atoms with Gasteiger partial charge in [0.1, 0.15) is 5.82 Å². The molecule has 1 aliphatic carbocycles. The first-order valence-electron chi connectivity index (χ1n) is 5.38. The highest BCUT2D eigenvalue weighted by molar-refractivity contribution is 5.22. The Balaban J connectivity index is 2.28. The van der Waals surface area contributed by atoms with Crippen LogP contribution in [0.3, 0.4) is 0 Å². The summed E-state index contributed by atoms with van der Waals surface area (Å²) in [7, 11) is 0. The van der Waals surface area contributed by atoms with Crippen LogP contribution in [0.15, 0.2) is 0 Å². The minimum Gasteiger partial charge on any atom is -0.492 e. The molecule has 0 aliphatic heterocycles. The van der Waals surface area contributed by atoms with Crippen LogP contribution in [0.4, 0.5) is 0 Å². The van der Waals surface area contributed by atoms with Crippen molar-refractivity contribution in [3.05, 3.63) is 11.5 Å². The normalized spacial score (nSPS) is 21.0. The Kier molecular flexibility index (Phi) is 2.25. The summed E-state index contributed by atoms with van der Waals surface area (Å²) in [6, 6.07) is 0. The number of aromatic amines is 1. The lowest BCUT2D eigenvalue weighted by Crippen LogP contribution is -2.26. The second kappa shape index (κ2) is 3.30. The smallest absolute Gasteiger partial charge is 0.232 e. The second-order valence-electron chi connectivity index (χ2n) is 4.66. The van der Waals surface area contributed by atoms with Crippen molar-refractivity contribution in [3.8, 4) is 5.88 Å². The van der Waals surface area contributed by atoms with Gasteiger partial charge in [0.15, 0.2) is 0 Å². The standard InChI is InChI=1S/C11H18N2O/c1-8-9(14)13-10(12-8)11(2)6-4-3-5-7-11/h14H,3-7H2,1-2H3,(H,12,13). The maximum Gasteiger partial charge on any atom is 0.232 e. The highest BCUT2D eigenvalue weighted by Gasteiger charge is 2.32. The van der Waals surface area contributed by atoms with E-state index >= 15 is 0 Å². The summed E-state index contributed by atoms with van der Waals surface area (Å²) in [4.78, 5) is 7.40. The molecule has 78 valence electrons. The van der Waals surface area contributed by atoms with Crippen LogP contribution in [0.1, 0.15) is 50.5 Å². The van der Waals surface area contributed by atoms with Crippen molar-refractivity contribution in [2.75, 3.05) is 0 Å². The predicted octanol–water partition coefficient (Wildman–Crippen LogP) is 2.65. The Hall–Kier alpha value is -0.990. The van der Waals surface area contributed by atoms with Crippen LogP contribution in [0.2, 0.25) is 0 Å². The Bertz CT molecular complexity index is 305. The number of imidazole rings is 1. The van der Waals surface area contributed by atoms with Gasteiger partial charge in [0, 0.05) is 5.41 Å². The molecular weight excluding hydrogens is 176 g/mol. The van der Waals surface area contributed by atoms with Crippen molar-refractivity contribution in [2.24, 2.45) is 0 Å². The Morgan fingerprint density at radius 2 is 1.93 bits per heavy atom. The van der Waals surface area contributed by atoms with Crippen LogP contribution >= 0.6 is 0 Å². The van der Waals surface area contributed by atoms with Gasteiger partial charge in [-0.3, -0.25) is 0 Å². The Labute approximate surface area is 84.6 Å². The van der Waals surface area contributed by atoms with Gasteiger partial charge in [0.25, 0.3) is 0 Å². The van der Waals surface area contributed by atoms with Crippen LogP contribution in [0.25, 0.3) is 0 Å². The molecule has 1 fully saturated rings. The van der Waals surface area contributed by atoms with Crippen LogP contribution in [0.5, 0.6) is 5.88 Å². The number of rotatable bonds is 1. The van der Waals surface area contributed by atoms with Crippen LogP contribution in [0, 0.1) is 6.92 Å². The van der Waals surface area contributed by atoms with E-state index in [1.165, 1.54) is 32.1 Å². The van der Waals surface area contributed by atoms with Crippen molar-refractivity contribution in [1.82, 2.24) is 9.97 Å². The molecule has 0 amide bonds. The summed E-state index contributed by atoms with van der Waals surface area (Å²) in [5, 5.41) is 9.44. The number of nitrogens with one attached hydrogen (secondary N) is 1. The fourth-order valence-electron chi connectivity index (χ4n) is 2.31. The number of nitrogens with zero attached hydrogens (tertiary/aromatic N) is 1. The van der Waals surface area contributed by atoms with Gasteiger partial charge in [-0.2, -0.15) is 4.98 Å². The molecule has 0 aromatic carbocycles. The highest BCUT2D eigenvalue weighted by atomic mass is 16.3. The summed E-state index contributed by atoms with van der Waals surface area (Å²) in [6.45, 7) is 4.10. The monoisotopic (exact) mass is 194 g/mol. The van der Waals surface area contributed by atoms with E-state index in [-0.39, 0.29) is 11.3 Å². The molecule has 0 spiro atoms. The van der Waals surface area contributed by atoms with Crippen molar-refractivity contribution in [3.63, 3.8) is 0 Å². The van der Waals surface area contributed by atoms with Crippen LogP contribution in [-0.4, -0.2) is 15.1 Å². The minimum absolute atomic E-state index is 0.157. The number of aromatic nitrogens is 2. The zero-order valence-corrected chi connectivity index (χ0v) is 8.93. The molecule has 0 saturated heterocycles. The summed E-state index contributed by atoms with van der Waals surface area (Å²) >= 11 is 0. The molecule has 1 heterocycles. The van der Waals surface area contributed by atoms with Crippen molar-refractivity contribution in [1.29, 1.82) is 0 Å². The SMILES string of the molecule is Cc1[nH]c(C2(C)CCCCC2)nc1O. The van der Waals surface area contributed by atoms with E-state index in [9.17, 15) is 5.11 Å². The molecular formula is C11H18N2O. The van der Waals surface area contributed by atoms with Gasteiger partial charge < -0.3 is 10.1 Å². The van der Waals surface area contributed by atoms with Gasteiger partial charge in [-0.15, -0.1) is 0 Å². The predicted molar refractivity (Wildman–Crippen MR) is 55.4 cm³/mol. The van der Waals surface area contributed by atoms with Crippen molar-refractivity contribution < 1.29 is 5.11 Å².